The summed E-state index contributed by atoms with van der Waals surface area (Å²) in [5.41, 5.74) is 2.23. The van der Waals surface area contributed by atoms with Crippen molar-refractivity contribution >= 4 is 22.9 Å². The van der Waals surface area contributed by atoms with Gasteiger partial charge in [0, 0.05) is 13.1 Å². The van der Waals surface area contributed by atoms with E-state index in [-0.39, 0.29) is 18.3 Å². The number of likely N-dealkylation sites (N-methyl/N-ethyl adjacent to an activating group) is 1. The second kappa shape index (κ2) is 10.7. The first kappa shape index (κ1) is 23.1. The van der Waals surface area contributed by atoms with Crippen molar-refractivity contribution in [3.05, 3.63) is 77.7 Å². The van der Waals surface area contributed by atoms with E-state index >= 15 is 0 Å². The van der Waals surface area contributed by atoms with Gasteiger partial charge in [-0.15, -0.1) is 0 Å². The highest BCUT2D eigenvalue weighted by molar-refractivity contribution is 6.02. The van der Waals surface area contributed by atoms with Crippen LogP contribution in [0, 0.1) is 11.3 Å². The van der Waals surface area contributed by atoms with Crippen LogP contribution in [0.5, 0.6) is 5.75 Å². The lowest BCUT2D eigenvalue weighted by atomic mass is 10.2. The maximum Gasteiger partial charge on any atom is 0.293 e. The smallest absolute Gasteiger partial charge is 0.293 e. The molecule has 4 aromatic rings. The number of benzene rings is 2. The number of hydrogen-bond donors (Lipinski definition) is 1. The van der Waals surface area contributed by atoms with Crippen LogP contribution in [-0.4, -0.2) is 40.0 Å². The van der Waals surface area contributed by atoms with Crippen LogP contribution in [0.15, 0.2) is 65.1 Å². The fourth-order valence-electron chi connectivity index (χ4n) is 3.75. The molecule has 174 valence electrons. The SMILES string of the molecule is CCN(CC)CCn1c(NC(=O)c2ccc(COc3ccccc3C#N)o2)nc2ccccc21. The van der Waals surface area contributed by atoms with Gasteiger partial charge in [0.15, 0.2) is 5.76 Å². The molecule has 4 rings (SSSR count). The number of furan rings is 1. The number of aromatic nitrogens is 2. The van der Waals surface area contributed by atoms with Crippen molar-refractivity contribution in [2.24, 2.45) is 0 Å². The van der Waals surface area contributed by atoms with Gasteiger partial charge in [0.2, 0.25) is 5.95 Å². The number of anilines is 1. The third-order valence-corrected chi connectivity index (χ3v) is 5.68. The number of imidazole rings is 1. The average molecular weight is 458 g/mol. The minimum Gasteiger partial charge on any atom is -0.484 e. The van der Waals surface area contributed by atoms with Gasteiger partial charge in [-0.05, 0) is 49.5 Å². The lowest BCUT2D eigenvalue weighted by Crippen LogP contribution is -2.27. The van der Waals surface area contributed by atoms with Gasteiger partial charge >= 0.3 is 0 Å². The molecule has 1 amide bonds. The zero-order valence-corrected chi connectivity index (χ0v) is 19.3. The summed E-state index contributed by atoms with van der Waals surface area (Å²) in [5, 5.41) is 12.1. The van der Waals surface area contributed by atoms with E-state index in [1.807, 2.05) is 28.8 Å². The second-order valence-electron chi connectivity index (χ2n) is 7.72. The molecule has 8 nitrogen and oxygen atoms in total. The Kier molecular flexibility index (Phi) is 7.25. The van der Waals surface area contributed by atoms with Crippen molar-refractivity contribution in [1.29, 1.82) is 5.26 Å². The van der Waals surface area contributed by atoms with Gasteiger partial charge in [0.05, 0.1) is 16.6 Å². The van der Waals surface area contributed by atoms with Crippen molar-refractivity contribution in [1.82, 2.24) is 14.5 Å². The standard InChI is InChI=1S/C26H27N5O3/c1-3-30(4-2)15-16-31-22-11-7-6-10-21(22)28-26(31)29-25(32)24-14-13-20(34-24)18-33-23-12-8-5-9-19(23)17-27/h5-14H,3-4,15-16,18H2,1-2H3,(H,28,29,32). The quantitative estimate of drug-likeness (QED) is 0.372. The molecule has 0 unspecified atom stereocenters. The Labute approximate surface area is 198 Å². The van der Waals surface area contributed by atoms with Crippen LogP contribution in [0.2, 0.25) is 0 Å². The van der Waals surface area contributed by atoms with Crippen LogP contribution in [0.1, 0.15) is 35.7 Å². The molecule has 0 saturated heterocycles. The molecule has 0 aliphatic rings. The lowest BCUT2D eigenvalue weighted by molar-refractivity contribution is 0.0991. The Morgan fingerprint density at radius 1 is 1.12 bits per heavy atom. The molecule has 0 fully saturated rings. The summed E-state index contributed by atoms with van der Waals surface area (Å²) in [5.74, 6) is 1.20. The van der Waals surface area contributed by atoms with E-state index in [0.717, 1.165) is 30.7 Å². The average Bonchev–Trinajstić information content (AvgIpc) is 3.48. The van der Waals surface area contributed by atoms with Crippen LogP contribution in [0.4, 0.5) is 5.95 Å². The minimum absolute atomic E-state index is 0.106. The summed E-state index contributed by atoms with van der Waals surface area (Å²) >= 11 is 0. The van der Waals surface area contributed by atoms with E-state index in [0.29, 0.717) is 29.6 Å². The van der Waals surface area contributed by atoms with Crippen LogP contribution >= 0.6 is 0 Å². The maximum atomic E-state index is 12.9. The molecule has 0 bridgehead atoms. The normalized spacial score (nSPS) is 11.0. The number of carbonyl (C=O) groups excluding carboxylic acids is 1. The van der Waals surface area contributed by atoms with E-state index in [1.165, 1.54) is 0 Å². The van der Waals surface area contributed by atoms with Gasteiger partial charge in [-0.3, -0.25) is 10.1 Å². The van der Waals surface area contributed by atoms with Gasteiger partial charge in [0.1, 0.15) is 24.2 Å². The Bertz CT molecular complexity index is 1310. The predicted octanol–water partition coefficient (Wildman–Crippen LogP) is 4.67. The Morgan fingerprint density at radius 3 is 2.68 bits per heavy atom. The van der Waals surface area contributed by atoms with Crippen molar-refractivity contribution in [3.63, 3.8) is 0 Å². The van der Waals surface area contributed by atoms with Crippen LogP contribution < -0.4 is 10.1 Å². The largest absolute Gasteiger partial charge is 0.484 e. The number of nitrogens with one attached hydrogen (secondary N) is 1. The number of carbonyl (C=O) groups is 1. The number of ether oxygens (including phenoxy) is 1. The highest BCUT2D eigenvalue weighted by Crippen LogP contribution is 2.22. The molecule has 0 saturated carbocycles. The van der Waals surface area contributed by atoms with Crippen LogP contribution in [-0.2, 0) is 13.2 Å². The van der Waals surface area contributed by atoms with E-state index in [9.17, 15) is 10.1 Å². The third-order valence-electron chi connectivity index (χ3n) is 5.68. The molecule has 0 radical (unpaired) electrons. The minimum atomic E-state index is -0.386. The van der Waals surface area contributed by atoms with Crippen molar-refractivity contribution in [2.45, 2.75) is 27.0 Å². The molecular formula is C26H27N5O3. The van der Waals surface area contributed by atoms with Crippen molar-refractivity contribution in [2.75, 3.05) is 25.0 Å². The molecule has 2 aromatic carbocycles. The lowest BCUT2D eigenvalue weighted by Gasteiger charge is -2.19. The molecule has 0 atom stereocenters. The van der Waals surface area contributed by atoms with Crippen LogP contribution in [0.25, 0.3) is 11.0 Å². The van der Waals surface area contributed by atoms with Crippen LogP contribution in [0.3, 0.4) is 0 Å². The zero-order valence-electron chi connectivity index (χ0n) is 19.3. The second-order valence-corrected chi connectivity index (χ2v) is 7.72. The first-order chi connectivity index (χ1) is 16.6. The van der Waals surface area contributed by atoms with E-state index < -0.39 is 0 Å². The summed E-state index contributed by atoms with van der Waals surface area (Å²) in [6, 6.07) is 20.2. The highest BCUT2D eigenvalue weighted by Gasteiger charge is 2.18. The number of hydrogen-bond acceptors (Lipinski definition) is 6. The van der Waals surface area contributed by atoms with E-state index in [2.05, 4.69) is 35.1 Å². The molecule has 2 heterocycles. The third kappa shape index (κ3) is 5.11. The number of nitriles is 1. The molecule has 1 N–H and O–H groups in total. The molecule has 0 spiro atoms. The maximum absolute atomic E-state index is 12.9. The van der Waals surface area contributed by atoms with Gasteiger partial charge in [-0.25, -0.2) is 4.98 Å². The molecule has 0 aliphatic heterocycles. The summed E-state index contributed by atoms with van der Waals surface area (Å²) in [4.78, 5) is 19.9. The first-order valence-corrected chi connectivity index (χ1v) is 11.3. The van der Waals surface area contributed by atoms with Gasteiger partial charge in [-0.1, -0.05) is 38.1 Å². The van der Waals surface area contributed by atoms with Crippen molar-refractivity contribution in [3.8, 4) is 11.8 Å². The van der Waals surface area contributed by atoms with Gasteiger partial charge in [-0.2, -0.15) is 5.26 Å². The Morgan fingerprint density at radius 2 is 1.88 bits per heavy atom. The van der Waals surface area contributed by atoms with Crippen molar-refractivity contribution < 1.29 is 13.9 Å². The van der Waals surface area contributed by atoms with Gasteiger partial charge < -0.3 is 18.6 Å². The number of amides is 1. The molecule has 0 aliphatic carbocycles. The monoisotopic (exact) mass is 457 g/mol. The van der Waals surface area contributed by atoms with Gasteiger partial charge in [0.25, 0.3) is 5.91 Å². The molecule has 8 heteroatoms. The fourth-order valence-corrected chi connectivity index (χ4v) is 3.75. The Balaban J connectivity index is 1.47. The topological polar surface area (TPSA) is 96.3 Å². The van der Waals surface area contributed by atoms with E-state index in [1.54, 1.807) is 36.4 Å². The fraction of sp³-hybridized carbons (Fsp3) is 0.269. The number of para-hydroxylation sites is 3. The Hall–Kier alpha value is -4.09. The summed E-state index contributed by atoms with van der Waals surface area (Å²) in [6.07, 6.45) is 0. The number of rotatable bonds is 10. The molecule has 34 heavy (non-hydrogen) atoms. The number of nitrogens with zero attached hydrogens (tertiary/aromatic N) is 4. The summed E-state index contributed by atoms with van der Waals surface area (Å²) in [7, 11) is 0. The summed E-state index contributed by atoms with van der Waals surface area (Å²) < 4.78 is 13.4. The summed E-state index contributed by atoms with van der Waals surface area (Å²) in [6.45, 7) is 7.84. The highest BCUT2D eigenvalue weighted by atomic mass is 16.5. The van der Waals surface area contributed by atoms with E-state index in [4.69, 9.17) is 9.15 Å². The molecule has 2 aromatic heterocycles. The predicted molar refractivity (Wildman–Crippen MR) is 130 cm³/mol. The zero-order chi connectivity index (χ0) is 23.9. The first-order valence-electron chi connectivity index (χ1n) is 11.3. The molecular weight excluding hydrogens is 430 g/mol. The number of fused-ring (bicyclic) bond motifs is 1.